The Morgan fingerprint density at radius 1 is 1.32 bits per heavy atom. The van der Waals surface area contributed by atoms with Crippen LogP contribution in [0.25, 0.3) is 0 Å². The summed E-state index contributed by atoms with van der Waals surface area (Å²) in [5.74, 6) is -1.33. The molecule has 0 fully saturated rings. The first-order chi connectivity index (χ1) is 10.1. The number of nitrogens with one attached hydrogen (secondary N) is 1. The van der Waals surface area contributed by atoms with Gasteiger partial charge in [0.2, 0.25) is 0 Å². The molecule has 1 unspecified atom stereocenters. The van der Waals surface area contributed by atoms with Gasteiger partial charge < -0.3 is 10.4 Å². The van der Waals surface area contributed by atoms with Gasteiger partial charge in [0.05, 0.1) is 4.90 Å². The first-order valence-electron chi connectivity index (χ1n) is 7.00. The molecule has 22 heavy (non-hydrogen) atoms. The number of benzene rings is 1. The Morgan fingerprint density at radius 3 is 2.45 bits per heavy atom. The third-order valence-corrected chi connectivity index (χ3v) is 4.46. The SMILES string of the molecule is CCc1ccc(C(=O)NC(C)CCC(=O)O)cc1S(C)(=O)=O. The summed E-state index contributed by atoms with van der Waals surface area (Å²) in [5.41, 5.74) is 0.915. The molecule has 1 atom stereocenters. The van der Waals surface area contributed by atoms with E-state index in [0.29, 0.717) is 18.4 Å². The zero-order valence-corrected chi connectivity index (χ0v) is 13.7. The summed E-state index contributed by atoms with van der Waals surface area (Å²) >= 11 is 0. The van der Waals surface area contributed by atoms with Gasteiger partial charge in [0.1, 0.15) is 0 Å². The van der Waals surface area contributed by atoms with Crippen LogP contribution in [0.15, 0.2) is 23.1 Å². The lowest BCUT2D eigenvalue weighted by atomic mass is 10.1. The Balaban J connectivity index is 2.93. The molecule has 0 aliphatic carbocycles. The monoisotopic (exact) mass is 327 g/mol. The maximum atomic E-state index is 12.1. The maximum absolute atomic E-state index is 12.1. The van der Waals surface area contributed by atoms with Gasteiger partial charge >= 0.3 is 5.97 Å². The molecule has 0 heterocycles. The molecule has 6 nitrogen and oxygen atoms in total. The molecule has 0 spiro atoms. The Kier molecular flexibility index (Phi) is 6.11. The third kappa shape index (κ3) is 5.14. The van der Waals surface area contributed by atoms with E-state index in [1.807, 2.05) is 6.92 Å². The average molecular weight is 327 g/mol. The summed E-state index contributed by atoms with van der Waals surface area (Å²) in [6, 6.07) is 4.27. The van der Waals surface area contributed by atoms with Gasteiger partial charge in [0.15, 0.2) is 9.84 Å². The molecule has 0 saturated heterocycles. The minimum Gasteiger partial charge on any atom is -0.481 e. The van der Waals surface area contributed by atoms with Crippen LogP contribution in [0.3, 0.4) is 0 Å². The van der Waals surface area contributed by atoms with Crippen LogP contribution in [0.2, 0.25) is 0 Å². The lowest BCUT2D eigenvalue weighted by molar-refractivity contribution is -0.137. The van der Waals surface area contributed by atoms with Crippen molar-refractivity contribution in [2.45, 2.75) is 44.0 Å². The van der Waals surface area contributed by atoms with E-state index in [0.717, 1.165) is 6.26 Å². The molecule has 1 aromatic rings. The van der Waals surface area contributed by atoms with Gasteiger partial charge in [0, 0.05) is 24.3 Å². The van der Waals surface area contributed by atoms with Gasteiger partial charge in [0.25, 0.3) is 5.91 Å². The van der Waals surface area contributed by atoms with E-state index in [9.17, 15) is 18.0 Å². The van der Waals surface area contributed by atoms with Gasteiger partial charge in [-0.1, -0.05) is 13.0 Å². The second-order valence-corrected chi connectivity index (χ2v) is 7.24. The predicted molar refractivity (Wildman–Crippen MR) is 82.7 cm³/mol. The second-order valence-electron chi connectivity index (χ2n) is 5.26. The lowest BCUT2D eigenvalue weighted by Gasteiger charge is -2.14. The molecule has 2 N–H and O–H groups in total. The number of hydrogen-bond acceptors (Lipinski definition) is 4. The number of hydrogen-bond donors (Lipinski definition) is 2. The highest BCUT2D eigenvalue weighted by Gasteiger charge is 2.17. The molecule has 0 bridgehead atoms. The minimum atomic E-state index is -3.41. The molecule has 0 saturated carbocycles. The van der Waals surface area contributed by atoms with Crippen molar-refractivity contribution in [3.05, 3.63) is 29.3 Å². The number of carbonyl (C=O) groups is 2. The molecule has 1 rings (SSSR count). The summed E-state index contributed by atoms with van der Waals surface area (Å²) in [6.45, 7) is 3.55. The number of carboxylic acid groups (broad SMARTS) is 1. The highest BCUT2D eigenvalue weighted by molar-refractivity contribution is 7.90. The van der Waals surface area contributed by atoms with E-state index in [4.69, 9.17) is 5.11 Å². The van der Waals surface area contributed by atoms with Gasteiger partial charge in [-0.2, -0.15) is 0 Å². The Morgan fingerprint density at radius 2 is 1.95 bits per heavy atom. The predicted octanol–water partition coefficient (Wildman–Crippen LogP) is 1.64. The molecule has 0 aromatic heterocycles. The van der Waals surface area contributed by atoms with Crippen molar-refractivity contribution in [3.63, 3.8) is 0 Å². The van der Waals surface area contributed by atoms with Crippen molar-refractivity contribution < 1.29 is 23.1 Å². The molecule has 7 heteroatoms. The Bertz CT molecular complexity index is 667. The van der Waals surface area contributed by atoms with E-state index in [2.05, 4.69) is 5.32 Å². The summed E-state index contributed by atoms with van der Waals surface area (Å²) < 4.78 is 23.6. The van der Waals surface area contributed by atoms with Gasteiger partial charge in [-0.3, -0.25) is 9.59 Å². The fourth-order valence-corrected chi connectivity index (χ4v) is 3.08. The molecular formula is C15H21NO5S. The highest BCUT2D eigenvalue weighted by atomic mass is 32.2. The summed E-state index contributed by atoms with van der Waals surface area (Å²) in [5, 5.41) is 11.3. The first-order valence-corrected chi connectivity index (χ1v) is 8.90. The van der Waals surface area contributed by atoms with Crippen LogP contribution in [0.5, 0.6) is 0 Å². The number of amides is 1. The third-order valence-electron chi connectivity index (χ3n) is 3.28. The van der Waals surface area contributed by atoms with Crippen molar-refractivity contribution in [2.75, 3.05) is 6.26 Å². The zero-order chi connectivity index (χ0) is 16.9. The molecule has 122 valence electrons. The van der Waals surface area contributed by atoms with E-state index in [1.165, 1.54) is 6.07 Å². The lowest BCUT2D eigenvalue weighted by Crippen LogP contribution is -2.33. The maximum Gasteiger partial charge on any atom is 0.303 e. The average Bonchev–Trinajstić information content (AvgIpc) is 2.43. The summed E-state index contributed by atoms with van der Waals surface area (Å²) in [6.07, 6.45) is 1.94. The van der Waals surface area contributed by atoms with E-state index >= 15 is 0 Å². The summed E-state index contributed by atoms with van der Waals surface area (Å²) in [7, 11) is -3.41. The van der Waals surface area contributed by atoms with Gasteiger partial charge in [-0.05, 0) is 37.5 Å². The number of aliphatic carboxylic acids is 1. The standard InChI is InChI=1S/C15H21NO5S/c1-4-11-6-7-12(9-13(11)22(3,20)21)15(19)16-10(2)5-8-14(17)18/h6-7,9-10H,4-5,8H2,1-3H3,(H,16,19)(H,17,18). The molecule has 0 aliphatic heterocycles. The second kappa shape index (κ2) is 7.40. The van der Waals surface area contributed by atoms with Crippen molar-refractivity contribution in [2.24, 2.45) is 0 Å². The van der Waals surface area contributed by atoms with Crippen molar-refractivity contribution in [1.82, 2.24) is 5.32 Å². The van der Waals surface area contributed by atoms with E-state index in [1.54, 1.807) is 19.1 Å². The van der Waals surface area contributed by atoms with E-state index < -0.39 is 21.7 Å². The van der Waals surface area contributed by atoms with Gasteiger partial charge in [-0.15, -0.1) is 0 Å². The molecule has 1 aromatic carbocycles. The normalized spacial score (nSPS) is 12.7. The van der Waals surface area contributed by atoms with Crippen LogP contribution in [-0.2, 0) is 21.1 Å². The number of aryl methyl sites for hydroxylation is 1. The molecule has 1 amide bonds. The number of sulfone groups is 1. The minimum absolute atomic E-state index is 0.0369. The topological polar surface area (TPSA) is 101 Å². The smallest absolute Gasteiger partial charge is 0.303 e. The van der Waals surface area contributed by atoms with Gasteiger partial charge in [-0.25, -0.2) is 8.42 Å². The number of carboxylic acids is 1. The van der Waals surface area contributed by atoms with Crippen LogP contribution in [0, 0.1) is 0 Å². The van der Waals surface area contributed by atoms with Crippen LogP contribution in [0.4, 0.5) is 0 Å². The number of carbonyl (C=O) groups excluding carboxylic acids is 1. The Labute approximate surface area is 130 Å². The number of rotatable bonds is 7. The quantitative estimate of drug-likeness (QED) is 0.793. The molecular weight excluding hydrogens is 306 g/mol. The van der Waals surface area contributed by atoms with Crippen LogP contribution in [0.1, 0.15) is 42.6 Å². The van der Waals surface area contributed by atoms with Crippen LogP contribution >= 0.6 is 0 Å². The Hall–Kier alpha value is -1.89. The fraction of sp³-hybridized carbons (Fsp3) is 0.467. The van der Waals surface area contributed by atoms with Crippen LogP contribution in [-0.4, -0.2) is 37.7 Å². The van der Waals surface area contributed by atoms with Crippen molar-refractivity contribution >= 4 is 21.7 Å². The molecule has 0 aliphatic rings. The highest BCUT2D eigenvalue weighted by Crippen LogP contribution is 2.18. The van der Waals surface area contributed by atoms with E-state index in [-0.39, 0.29) is 22.9 Å². The largest absolute Gasteiger partial charge is 0.481 e. The fourth-order valence-electron chi connectivity index (χ4n) is 2.05. The molecule has 0 radical (unpaired) electrons. The van der Waals surface area contributed by atoms with Crippen molar-refractivity contribution in [1.29, 1.82) is 0 Å². The van der Waals surface area contributed by atoms with Crippen molar-refractivity contribution in [3.8, 4) is 0 Å². The summed E-state index contributed by atoms with van der Waals surface area (Å²) in [4.78, 5) is 22.8. The zero-order valence-electron chi connectivity index (χ0n) is 12.9. The first kappa shape index (κ1) is 18.2. The van der Waals surface area contributed by atoms with Crippen LogP contribution < -0.4 is 5.32 Å².